The maximum atomic E-state index is 6.31. The van der Waals surface area contributed by atoms with Gasteiger partial charge in [0.05, 0.1) is 19.2 Å². The Morgan fingerprint density at radius 2 is 2.10 bits per heavy atom. The second-order valence-electron chi connectivity index (χ2n) is 4.63. The molecule has 21 heavy (non-hydrogen) atoms. The summed E-state index contributed by atoms with van der Waals surface area (Å²) in [6.45, 7) is 2.99. The Hall–Kier alpha value is -1.23. The molecule has 1 aromatic carbocycles. The lowest BCUT2D eigenvalue weighted by atomic mass is 10.0. The molecule has 114 valence electrons. The van der Waals surface area contributed by atoms with Gasteiger partial charge in [-0.2, -0.15) is 0 Å². The third kappa shape index (κ3) is 3.90. The number of halogens is 1. The van der Waals surface area contributed by atoms with Crippen molar-refractivity contribution in [2.45, 2.75) is 19.4 Å². The molecule has 0 saturated heterocycles. The molecule has 0 aliphatic carbocycles. The molecule has 1 unspecified atom stereocenters. The molecule has 0 bridgehead atoms. The van der Waals surface area contributed by atoms with Gasteiger partial charge in [0, 0.05) is 17.3 Å². The van der Waals surface area contributed by atoms with E-state index in [1.54, 1.807) is 25.6 Å². The fraction of sp³-hybridized carbons (Fsp3) is 0.375. The van der Waals surface area contributed by atoms with Crippen LogP contribution in [0.5, 0.6) is 11.5 Å². The maximum Gasteiger partial charge on any atom is 0.179 e. The number of methoxy groups -OCH3 is 2. The molecular formula is C16H20ClNO2S. The number of hydrogen-bond acceptors (Lipinski definition) is 4. The van der Waals surface area contributed by atoms with Crippen LogP contribution < -0.4 is 14.8 Å². The molecule has 0 aliphatic rings. The Labute approximate surface area is 134 Å². The molecule has 1 atom stereocenters. The molecule has 1 heterocycles. The van der Waals surface area contributed by atoms with E-state index in [1.807, 2.05) is 12.1 Å². The van der Waals surface area contributed by atoms with Crippen molar-refractivity contribution in [3.05, 3.63) is 45.1 Å². The van der Waals surface area contributed by atoms with E-state index in [1.165, 1.54) is 4.88 Å². The summed E-state index contributed by atoms with van der Waals surface area (Å²) in [5.41, 5.74) is 1.10. The summed E-state index contributed by atoms with van der Waals surface area (Å²) >= 11 is 8.07. The monoisotopic (exact) mass is 325 g/mol. The number of likely N-dealkylation sites (N-methyl/N-ethyl adjacent to an activating group) is 1. The Morgan fingerprint density at radius 3 is 2.67 bits per heavy atom. The third-order valence-electron chi connectivity index (χ3n) is 3.29. The van der Waals surface area contributed by atoms with Crippen LogP contribution >= 0.6 is 22.9 Å². The highest BCUT2D eigenvalue weighted by Crippen LogP contribution is 2.38. The molecule has 0 fully saturated rings. The van der Waals surface area contributed by atoms with Crippen molar-refractivity contribution in [2.24, 2.45) is 0 Å². The van der Waals surface area contributed by atoms with E-state index in [2.05, 4.69) is 29.8 Å². The van der Waals surface area contributed by atoms with Crippen LogP contribution in [0, 0.1) is 0 Å². The average Bonchev–Trinajstić information content (AvgIpc) is 2.99. The van der Waals surface area contributed by atoms with E-state index in [-0.39, 0.29) is 6.04 Å². The smallest absolute Gasteiger partial charge is 0.179 e. The van der Waals surface area contributed by atoms with E-state index >= 15 is 0 Å². The van der Waals surface area contributed by atoms with Crippen molar-refractivity contribution < 1.29 is 9.47 Å². The van der Waals surface area contributed by atoms with Crippen molar-refractivity contribution in [1.29, 1.82) is 0 Å². The quantitative estimate of drug-likeness (QED) is 0.822. The van der Waals surface area contributed by atoms with Gasteiger partial charge in [0.2, 0.25) is 0 Å². The predicted octanol–water partition coefficient (Wildman–Crippen LogP) is 4.31. The first-order valence-electron chi connectivity index (χ1n) is 6.86. The van der Waals surface area contributed by atoms with Gasteiger partial charge in [0.1, 0.15) is 0 Å². The van der Waals surface area contributed by atoms with Crippen molar-refractivity contribution >= 4 is 22.9 Å². The number of nitrogens with one attached hydrogen (secondary N) is 1. The van der Waals surface area contributed by atoms with E-state index in [0.29, 0.717) is 16.5 Å². The molecular weight excluding hydrogens is 306 g/mol. The number of benzene rings is 1. The van der Waals surface area contributed by atoms with Crippen LogP contribution in [0.15, 0.2) is 29.6 Å². The topological polar surface area (TPSA) is 30.5 Å². The fourth-order valence-electron chi connectivity index (χ4n) is 2.32. The van der Waals surface area contributed by atoms with Crippen LogP contribution in [0.4, 0.5) is 0 Å². The highest BCUT2D eigenvalue weighted by Gasteiger charge is 2.17. The molecule has 2 aromatic rings. The first-order chi connectivity index (χ1) is 10.2. The largest absolute Gasteiger partial charge is 0.493 e. The maximum absolute atomic E-state index is 6.31. The zero-order chi connectivity index (χ0) is 15.2. The summed E-state index contributed by atoms with van der Waals surface area (Å²) in [6, 6.07) is 8.36. The zero-order valence-electron chi connectivity index (χ0n) is 12.5. The van der Waals surface area contributed by atoms with Gasteiger partial charge in [-0.15, -0.1) is 11.3 Å². The highest BCUT2D eigenvalue weighted by molar-refractivity contribution is 7.09. The van der Waals surface area contributed by atoms with Gasteiger partial charge in [0.15, 0.2) is 11.5 Å². The lowest BCUT2D eigenvalue weighted by Gasteiger charge is -2.20. The van der Waals surface area contributed by atoms with Crippen molar-refractivity contribution in [3.8, 4) is 11.5 Å². The SMILES string of the molecule is CCNC(Cc1cccs1)c1cc(Cl)c(OC)c(OC)c1. The summed E-state index contributed by atoms with van der Waals surface area (Å²) in [5.74, 6) is 1.24. The van der Waals surface area contributed by atoms with Crippen LogP contribution in [0.1, 0.15) is 23.4 Å². The molecule has 3 nitrogen and oxygen atoms in total. The van der Waals surface area contributed by atoms with Crippen LogP contribution in [0.3, 0.4) is 0 Å². The van der Waals surface area contributed by atoms with Gasteiger partial charge < -0.3 is 14.8 Å². The third-order valence-corrected chi connectivity index (χ3v) is 4.47. The summed E-state index contributed by atoms with van der Waals surface area (Å²) in [6.07, 6.45) is 0.928. The molecule has 1 N–H and O–H groups in total. The molecule has 0 radical (unpaired) electrons. The van der Waals surface area contributed by atoms with Crippen molar-refractivity contribution in [3.63, 3.8) is 0 Å². The Kier molecular flexibility index (Phi) is 5.91. The second kappa shape index (κ2) is 7.69. The first kappa shape index (κ1) is 16.1. The molecule has 0 aliphatic heterocycles. The lowest BCUT2D eigenvalue weighted by Crippen LogP contribution is -2.22. The number of hydrogen-bond donors (Lipinski definition) is 1. The standard InChI is InChI=1S/C16H20ClNO2S/c1-4-18-14(10-12-6-5-7-21-12)11-8-13(17)16(20-3)15(9-11)19-2/h5-9,14,18H,4,10H2,1-3H3. The summed E-state index contributed by atoms with van der Waals surface area (Å²) < 4.78 is 10.7. The minimum atomic E-state index is 0.200. The van der Waals surface area contributed by atoms with Crippen molar-refractivity contribution in [2.75, 3.05) is 20.8 Å². The first-order valence-corrected chi connectivity index (χ1v) is 8.12. The summed E-state index contributed by atoms with van der Waals surface area (Å²) in [7, 11) is 3.22. The number of rotatable bonds is 7. The lowest BCUT2D eigenvalue weighted by molar-refractivity contribution is 0.354. The molecule has 5 heteroatoms. The van der Waals surface area contributed by atoms with Gasteiger partial charge in [-0.05, 0) is 35.7 Å². The highest BCUT2D eigenvalue weighted by atomic mass is 35.5. The Morgan fingerprint density at radius 1 is 1.29 bits per heavy atom. The van der Waals surface area contributed by atoms with Crippen LogP contribution in [-0.2, 0) is 6.42 Å². The van der Waals surface area contributed by atoms with E-state index in [0.717, 1.165) is 18.5 Å². The Bertz CT molecular complexity index is 572. The van der Waals surface area contributed by atoms with Gasteiger partial charge in [0.25, 0.3) is 0 Å². The minimum absolute atomic E-state index is 0.200. The normalized spacial score (nSPS) is 12.2. The Balaban J connectivity index is 2.33. The summed E-state index contributed by atoms with van der Waals surface area (Å²) in [5, 5.41) is 6.17. The van der Waals surface area contributed by atoms with Gasteiger partial charge >= 0.3 is 0 Å². The number of thiophene rings is 1. The van der Waals surface area contributed by atoms with Crippen LogP contribution in [0.2, 0.25) is 5.02 Å². The van der Waals surface area contributed by atoms with Crippen LogP contribution in [-0.4, -0.2) is 20.8 Å². The van der Waals surface area contributed by atoms with Crippen LogP contribution in [0.25, 0.3) is 0 Å². The van der Waals surface area contributed by atoms with E-state index in [4.69, 9.17) is 21.1 Å². The van der Waals surface area contributed by atoms with E-state index < -0.39 is 0 Å². The average molecular weight is 326 g/mol. The van der Waals surface area contributed by atoms with Crippen molar-refractivity contribution in [1.82, 2.24) is 5.32 Å². The fourth-order valence-corrected chi connectivity index (χ4v) is 3.37. The second-order valence-corrected chi connectivity index (χ2v) is 6.07. The zero-order valence-corrected chi connectivity index (χ0v) is 14.1. The molecule has 0 saturated carbocycles. The van der Waals surface area contributed by atoms with Gasteiger partial charge in [-0.1, -0.05) is 24.6 Å². The molecule has 1 aromatic heterocycles. The molecule has 0 amide bonds. The predicted molar refractivity (Wildman–Crippen MR) is 89.0 cm³/mol. The van der Waals surface area contributed by atoms with E-state index in [9.17, 15) is 0 Å². The molecule has 0 spiro atoms. The van der Waals surface area contributed by atoms with Gasteiger partial charge in [-0.3, -0.25) is 0 Å². The molecule has 2 rings (SSSR count). The summed E-state index contributed by atoms with van der Waals surface area (Å²) in [4.78, 5) is 1.34. The minimum Gasteiger partial charge on any atom is -0.493 e. The number of ether oxygens (including phenoxy) is 2. The van der Waals surface area contributed by atoms with Gasteiger partial charge in [-0.25, -0.2) is 0 Å².